The zero-order chi connectivity index (χ0) is 23.5. The Morgan fingerprint density at radius 3 is 2.62 bits per heavy atom. The van der Waals surface area contributed by atoms with Crippen molar-refractivity contribution in [3.05, 3.63) is 60.9 Å². The second-order valence-corrected chi connectivity index (χ2v) is 8.48. The Balaban J connectivity index is 1.42. The number of pyridine rings is 1. The van der Waals surface area contributed by atoms with E-state index in [-0.39, 0.29) is 0 Å². The van der Waals surface area contributed by atoms with E-state index in [1.165, 1.54) is 0 Å². The number of rotatable bonds is 6. The van der Waals surface area contributed by atoms with Gasteiger partial charge in [0.05, 0.1) is 24.7 Å². The molecule has 1 fully saturated rings. The quantitative estimate of drug-likeness (QED) is 0.393. The molecule has 0 aliphatic carbocycles. The fraction of sp³-hybridized carbons (Fsp3) is 0.269. The smallest absolute Gasteiger partial charge is 0.222 e. The number of aromatic nitrogens is 3. The zero-order valence-corrected chi connectivity index (χ0v) is 19.5. The Bertz CT molecular complexity index is 1280. The van der Waals surface area contributed by atoms with Crippen LogP contribution in [0.15, 0.2) is 60.9 Å². The fourth-order valence-electron chi connectivity index (χ4n) is 4.43. The normalized spacial score (nSPS) is 14.2. The zero-order valence-electron chi connectivity index (χ0n) is 19.5. The van der Waals surface area contributed by atoms with Gasteiger partial charge < -0.3 is 26.0 Å². The largest absolute Gasteiger partial charge is 0.497 e. The molecule has 0 unspecified atom stereocenters. The summed E-state index contributed by atoms with van der Waals surface area (Å²) in [6.45, 7) is 1.87. The molecule has 1 aliphatic heterocycles. The van der Waals surface area contributed by atoms with Crippen LogP contribution in [0, 0.1) is 0 Å². The molecule has 2 aromatic carbocycles. The summed E-state index contributed by atoms with van der Waals surface area (Å²) in [5.74, 6) is 2.42. The molecular formula is C26H29N7O. The van der Waals surface area contributed by atoms with E-state index < -0.39 is 0 Å². The second kappa shape index (κ2) is 9.43. The molecule has 0 bridgehead atoms. The lowest BCUT2D eigenvalue weighted by molar-refractivity contribution is 0.415. The van der Waals surface area contributed by atoms with Gasteiger partial charge in [0, 0.05) is 49.0 Å². The average molecular weight is 456 g/mol. The molecule has 3 heterocycles. The third-order valence-corrected chi connectivity index (χ3v) is 6.29. The van der Waals surface area contributed by atoms with E-state index in [0.717, 1.165) is 65.2 Å². The van der Waals surface area contributed by atoms with Gasteiger partial charge in [-0.1, -0.05) is 6.07 Å². The monoisotopic (exact) mass is 455 g/mol. The number of nitrogens with zero attached hydrogens (tertiary/aromatic N) is 4. The Morgan fingerprint density at radius 2 is 1.88 bits per heavy atom. The van der Waals surface area contributed by atoms with Gasteiger partial charge in [-0.05, 0) is 60.7 Å². The Kier molecular flexibility index (Phi) is 6.03. The molecule has 34 heavy (non-hydrogen) atoms. The highest BCUT2D eigenvalue weighted by Crippen LogP contribution is 2.34. The predicted molar refractivity (Wildman–Crippen MR) is 139 cm³/mol. The molecule has 174 valence electrons. The SMILES string of the molecule is CNc1nccc(-c2cc(NC3CCN(c4ccc(N)cn4)CC3)c3cc(OC)ccc3c2)n1. The molecule has 0 atom stereocenters. The minimum Gasteiger partial charge on any atom is -0.497 e. The van der Waals surface area contributed by atoms with E-state index in [9.17, 15) is 0 Å². The Morgan fingerprint density at radius 1 is 1.03 bits per heavy atom. The van der Waals surface area contributed by atoms with Crippen LogP contribution >= 0.6 is 0 Å². The molecule has 0 amide bonds. The maximum atomic E-state index is 5.79. The number of nitrogen functional groups attached to an aromatic ring is 1. The number of hydrogen-bond donors (Lipinski definition) is 3. The van der Waals surface area contributed by atoms with Crippen molar-refractivity contribution in [3.63, 3.8) is 0 Å². The standard InChI is InChI=1S/C26H29N7O/c1-28-26-29-10-7-23(32-26)18-13-17-3-5-21(34-2)15-22(17)24(14-18)31-20-8-11-33(12-9-20)25-6-4-19(27)16-30-25/h3-7,10,13-16,20,31H,8-9,11-12,27H2,1-2H3,(H,28,29,32). The number of nitrogens with two attached hydrogens (primary N) is 1. The highest BCUT2D eigenvalue weighted by molar-refractivity contribution is 5.98. The second-order valence-electron chi connectivity index (χ2n) is 8.48. The van der Waals surface area contributed by atoms with E-state index in [4.69, 9.17) is 10.5 Å². The van der Waals surface area contributed by atoms with E-state index in [1.807, 2.05) is 31.3 Å². The van der Waals surface area contributed by atoms with Gasteiger partial charge >= 0.3 is 0 Å². The minimum absolute atomic E-state index is 0.355. The lowest BCUT2D eigenvalue weighted by Crippen LogP contribution is -2.39. The number of fused-ring (bicyclic) bond motifs is 1. The van der Waals surface area contributed by atoms with Gasteiger partial charge in [0.1, 0.15) is 11.6 Å². The Labute approximate surface area is 199 Å². The summed E-state index contributed by atoms with van der Waals surface area (Å²) in [7, 11) is 3.52. The number of hydrogen-bond acceptors (Lipinski definition) is 8. The molecule has 8 nitrogen and oxygen atoms in total. The highest BCUT2D eigenvalue weighted by atomic mass is 16.5. The van der Waals surface area contributed by atoms with Crippen molar-refractivity contribution in [2.75, 3.05) is 48.5 Å². The number of methoxy groups -OCH3 is 1. The number of ether oxygens (including phenoxy) is 1. The maximum Gasteiger partial charge on any atom is 0.222 e. The van der Waals surface area contributed by atoms with Crippen molar-refractivity contribution in [2.45, 2.75) is 18.9 Å². The van der Waals surface area contributed by atoms with Gasteiger partial charge in [0.25, 0.3) is 0 Å². The van der Waals surface area contributed by atoms with Gasteiger partial charge in [-0.2, -0.15) is 0 Å². The number of benzene rings is 2. The average Bonchev–Trinajstić information content (AvgIpc) is 2.89. The summed E-state index contributed by atoms with van der Waals surface area (Å²) >= 11 is 0. The lowest BCUT2D eigenvalue weighted by Gasteiger charge is -2.34. The maximum absolute atomic E-state index is 5.79. The summed E-state index contributed by atoms with van der Waals surface area (Å²) in [5, 5.41) is 9.10. The van der Waals surface area contributed by atoms with E-state index in [1.54, 1.807) is 19.5 Å². The Hall–Kier alpha value is -4.07. The van der Waals surface area contributed by atoms with Crippen molar-refractivity contribution < 1.29 is 4.74 Å². The molecule has 1 saturated heterocycles. The summed E-state index contributed by atoms with van der Waals surface area (Å²) < 4.78 is 5.50. The number of anilines is 4. The van der Waals surface area contributed by atoms with Crippen molar-refractivity contribution in [1.29, 1.82) is 0 Å². The van der Waals surface area contributed by atoms with E-state index >= 15 is 0 Å². The molecule has 0 saturated carbocycles. The van der Waals surface area contributed by atoms with Crippen LogP contribution in [-0.4, -0.2) is 48.2 Å². The molecule has 2 aromatic heterocycles. The molecule has 5 rings (SSSR count). The van der Waals surface area contributed by atoms with Gasteiger partial charge in [-0.25, -0.2) is 15.0 Å². The van der Waals surface area contributed by atoms with Crippen molar-refractivity contribution >= 4 is 33.9 Å². The van der Waals surface area contributed by atoms with Gasteiger partial charge in [0.2, 0.25) is 5.95 Å². The first-order chi connectivity index (χ1) is 16.6. The van der Waals surface area contributed by atoms with Crippen LogP contribution in [-0.2, 0) is 0 Å². The van der Waals surface area contributed by atoms with Crippen molar-refractivity contribution in [2.24, 2.45) is 0 Å². The number of piperidine rings is 1. The van der Waals surface area contributed by atoms with Crippen LogP contribution in [0.2, 0.25) is 0 Å². The fourth-order valence-corrected chi connectivity index (χ4v) is 4.43. The van der Waals surface area contributed by atoms with Crippen LogP contribution in [0.1, 0.15) is 12.8 Å². The van der Waals surface area contributed by atoms with Crippen LogP contribution in [0.4, 0.5) is 23.1 Å². The molecule has 0 spiro atoms. The highest BCUT2D eigenvalue weighted by Gasteiger charge is 2.21. The topological polar surface area (TPSA) is 101 Å². The van der Waals surface area contributed by atoms with Crippen molar-refractivity contribution in [1.82, 2.24) is 15.0 Å². The molecule has 0 radical (unpaired) electrons. The summed E-state index contributed by atoms with van der Waals surface area (Å²) in [6.07, 6.45) is 5.52. The first-order valence-electron chi connectivity index (χ1n) is 11.5. The van der Waals surface area contributed by atoms with Crippen LogP contribution in [0.3, 0.4) is 0 Å². The van der Waals surface area contributed by atoms with Crippen molar-refractivity contribution in [3.8, 4) is 17.0 Å². The summed E-state index contributed by atoms with van der Waals surface area (Å²) in [4.78, 5) is 15.7. The van der Waals surface area contributed by atoms with E-state index in [0.29, 0.717) is 17.7 Å². The number of nitrogens with one attached hydrogen (secondary N) is 2. The van der Waals surface area contributed by atoms with Crippen LogP contribution in [0.5, 0.6) is 5.75 Å². The molecule has 8 heteroatoms. The minimum atomic E-state index is 0.355. The molecule has 1 aliphatic rings. The third kappa shape index (κ3) is 4.52. The van der Waals surface area contributed by atoms with Gasteiger partial charge in [-0.15, -0.1) is 0 Å². The first-order valence-corrected chi connectivity index (χ1v) is 11.5. The van der Waals surface area contributed by atoms with Gasteiger partial charge in [-0.3, -0.25) is 0 Å². The summed E-state index contributed by atoms with van der Waals surface area (Å²) in [5.41, 5.74) is 9.48. The molecular weight excluding hydrogens is 426 g/mol. The first kappa shape index (κ1) is 21.8. The molecule has 4 aromatic rings. The summed E-state index contributed by atoms with van der Waals surface area (Å²) in [6, 6.07) is 16.7. The van der Waals surface area contributed by atoms with Crippen LogP contribution < -0.4 is 26.0 Å². The molecule has 4 N–H and O–H groups in total. The van der Waals surface area contributed by atoms with E-state index in [2.05, 4.69) is 54.8 Å². The van der Waals surface area contributed by atoms with Crippen LogP contribution in [0.25, 0.3) is 22.0 Å². The third-order valence-electron chi connectivity index (χ3n) is 6.29. The van der Waals surface area contributed by atoms with Gasteiger partial charge in [0.15, 0.2) is 0 Å². The lowest BCUT2D eigenvalue weighted by atomic mass is 9.99. The predicted octanol–water partition coefficient (Wildman–Crippen LogP) is 4.41.